The van der Waals surface area contributed by atoms with Crippen LogP contribution in [0.25, 0.3) is 0 Å². The summed E-state index contributed by atoms with van der Waals surface area (Å²) >= 11 is 0. The molecule has 1 aromatic rings. The Bertz CT molecular complexity index is 569. The maximum Gasteiger partial charge on any atom is 0.244 e. The van der Waals surface area contributed by atoms with Gasteiger partial charge in [-0.1, -0.05) is 18.2 Å². The summed E-state index contributed by atoms with van der Waals surface area (Å²) in [6.45, 7) is 8.36. The summed E-state index contributed by atoms with van der Waals surface area (Å²) in [5.41, 5.74) is 2.86. The quantitative estimate of drug-likeness (QED) is 0.803. The van der Waals surface area contributed by atoms with E-state index in [-0.39, 0.29) is 36.8 Å². The normalized spacial score (nSPS) is 16.7. The Balaban J connectivity index is 0.00000312. The monoisotopic (exact) mass is 369 g/mol. The second-order valence-corrected chi connectivity index (χ2v) is 6.15. The molecule has 2 rings (SSSR count). The fourth-order valence-electron chi connectivity index (χ4n) is 2.83. The van der Waals surface area contributed by atoms with Crippen LogP contribution in [-0.4, -0.2) is 55.6 Å². The number of carbonyl (C=O) groups is 2. The third-order valence-electron chi connectivity index (χ3n) is 4.23. The molecule has 1 aromatic carbocycles. The van der Waals surface area contributed by atoms with E-state index in [2.05, 4.69) is 10.6 Å². The number of likely N-dealkylation sites (N-methyl/N-ethyl adjacent to an activating group) is 1. The Morgan fingerprint density at radius 1 is 1.32 bits per heavy atom. The number of morpholine rings is 1. The van der Waals surface area contributed by atoms with Crippen LogP contribution in [0.15, 0.2) is 18.2 Å². The molecule has 0 aliphatic carbocycles. The molecule has 0 bridgehead atoms. The number of aryl methyl sites for hydroxylation is 2. The molecule has 1 saturated heterocycles. The lowest BCUT2D eigenvalue weighted by molar-refractivity contribution is -0.135. The second-order valence-electron chi connectivity index (χ2n) is 6.15. The molecule has 1 unspecified atom stereocenters. The molecular weight excluding hydrogens is 342 g/mol. The Labute approximate surface area is 155 Å². The lowest BCUT2D eigenvalue weighted by atomic mass is 10.1. The highest BCUT2D eigenvalue weighted by Gasteiger charge is 2.22. The SMILES string of the molecule is CCN(CC(=O)Nc1c(C)cccc1C)C(=O)CC1COCCN1.Cl. The number of rotatable bonds is 6. The molecule has 140 valence electrons. The molecule has 2 amide bonds. The van der Waals surface area contributed by atoms with E-state index in [1.54, 1.807) is 4.90 Å². The third-order valence-corrected chi connectivity index (χ3v) is 4.23. The number of anilines is 1. The fraction of sp³-hybridized carbons (Fsp3) is 0.556. The van der Waals surface area contributed by atoms with Crippen LogP contribution < -0.4 is 10.6 Å². The van der Waals surface area contributed by atoms with Crippen LogP contribution in [0, 0.1) is 13.8 Å². The van der Waals surface area contributed by atoms with Gasteiger partial charge >= 0.3 is 0 Å². The molecule has 2 N–H and O–H groups in total. The number of nitrogens with one attached hydrogen (secondary N) is 2. The summed E-state index contributed by atoms with van der Waals surface area (Å²) in [5, 5.41) is 6.19. The number of hydrogen-bond acceptors (Lipinski definition) is 4. The van der Waals surface area contributed by atoms with Crippen molar-refractivity contribution in [2.24, 2.45) is 0 Å². The minimum atomic E-state index is -0.171. The number of para-hydroxylation sites is 1. The largest absolute Gasteiger partial charge is 0.378 e. The van der Waals surface area contributed by atoms with E-state index >= 15 is 0 Å². The first kappa shape index (κ1) is 21.4. The van der Waals surface area contributed by atoms with Crippen molar-refractivity contribution in [1.82, 2.24) is 10.2 Å². The van der Waals surface area contributed by atoms with E-state index in [1.165, 1.54) is 0 Å². The average Bonchev–Trinajstić information content (AvgIpc) is 2.57. The minimum Gasteiger partial charge on any atom is -0.378 e. The molecule has 1 heterocycles. The van der Waals surface area contributed by atoms with Crippen LogP contribution in [0.3, 0.4) is 0 Å². The van der Waals surface area contributed by atoms with Crippen molar-refractivity contribution >= 4 is 29.9 Å². The summed E-state index contributed by atoms with van der Waals surface area (Å²) in [6, 6.07) is 5.91. The Morgan fingerprint density at radius 2 is 2.00 bits per heavy atom. The van der Waals surface area contributed by atoms with Gasteiger partial charge in [-0.05, 0) is 31.9 Å². The third kappa shape index (κ3) is 6.30. The molecule has 0 saturated carbocycles. The summed E-state index contributed by atoms with van der Waals surface area (Å²) < 4.78 is 5.37. The Kier molecular flexibility index (Phi) is 8.89. The number of nitrogens with zero attached hydrogens (tertiary/aromatic N) is 1. The smallest absolute Gasteiger partial charge is 0.244 e. The van der Waals surface area contributed by atoms with Gasteiger partial charge in [-0.15, -0.1) is 12.4 Å². The highest BCUT2D eigenvalue weighted by atomic mass is 35.5. The van der Waals surface area contributed by atoms with Gasteiger partial charge in [0.15, 0.2) is 0 Å². The molecule has 0 spiro atoms. The van der Waals surface area contributed by atoms with Crippen molar-refractivity contribution in [3.05, 3.63) is 29.3 Å². The van der Waals surface area contributed by atoms with Crippen LogP contribution in [0.2, 0.25) is 0 Å². The van der Waals surface area contributed by atoms with E-state index in [0.29, 0.717) is 26.2 Å². The van der Waals surface area contributed by atoms with E-state index in [0.717, 1.165) is 23.4 Å². The summed E-state index contributed by atoms with van der Waals surface area (Å²) in [5.74, 6) is -0.201. The molecule has 0 aromatic heterocycles. The first-order chi connectivity index (χ1) is 11.5. The maximum atomic E-state index is 12.4. The van der Waals surface area contributed by atoms with Crippen molar-refractivity contribution in [1.29, 1.82) is 0 Å². The van der Waals surface area contributed by atoms with Gasteiger partial charge in [-0.25, -0.2) is 0 Å². The van der Waals surface area contributed by atoms with Crippen molar-refractivity contribution < 1.29 is 14.3 Å². The molecule has 1 atom stereocenters. The molecule has 7 heteroatoms. The Morgan fingerprint density at radius 3 is 2.56 bits per heavy atom. The molecule has 0 radical (unpaired) electrons. The van der Waals surface area contributed by atoms with Gasteiger partial charge in [0.2, 0.25) is 11.8 Å². The number of benzene rings is 1. The lowest BCUT2D eigenvalue weighted by Gasteiger charge is -2.27. The van der Waals surface area contributed by atoms with Gasteiger partial charge in [-0.2, -0.15) is 0 Å². The van der Waals surface area contributed by atoms with Gasteiger partial charge < -0.3 is 20.3 Å². The standard InChI is InChI=1S/C18H27N3O3.ClH/c1-4-21(17(23)10-15-12-24-9-8-19-15)11-16(22)20-18-13(2)6-5-7-14(18)3;/h5-7,15,19H,4,8-12H2,1-3H3,(H,20,22);1H. The van der Waals surface area contributed by atoms with Crippen LogP contribution in [0.4, 0.5) is 5.69 Å². The minimum absolute atomic E-state index is 0. The van der Waals surface area contributed by atoms with Gasteiger partial charge in [0.25, 0.3) is 0 Å². The predicted octanol–water partition coefficient (Wildman–Crippen LogP) is 1.89. The van der Waals surface area contributed by atoms with E-state index in [9.17, 15) is 9.59 Å². The molecule has 1 fully saturated rings. The number of carbonyl (C=O) groups excluding carboxylic acids is 2. The van der Waals surface area contributed by atoms with Gasteiger partial charge in [0.05, 0.1) is 19.8 Å². The van der Waals surface area contributed by atoms with Gasteiger partial charge in [-0.3, -0.25) is 9.59 Å². The molecule has 1 aliphatic rings. The number of ether oxygens (including phenoxy) is 1. The predicted molar refractivity (Wildman–Crippen MR) is 101 cm³/mol. The van der Waals surface area contributed by atoms with E-state index in [4.69, 9.17) is 4.74 Å². The molecule has 1 aliphatic heterocycles. The topological polar surface area (TPSA) is 70.7 Å². The van der Waals surface area contributed by atoms with Gasteiger partial charge in [0.1, 0.15) is 0 Å². The van der Waals surface area contributed by atoms with Crippen LogP contribution in [-0.2, 0) is 14.3 Å². The second kappa shape index (κ2) is 10.4. The Hall–Kier alpha value is -1.63. The van der Waals surface area contributed by atoms with Crippen molar-refractivity contribution in [2.75, 3.05) is 38.2 Å². The molecule has 6 nitrogen and oxygen atoms in total. The fourth-order valence-corrected chi connectivity index (χ4v) is 2.83. The lowest BCUT2D eigenvalue weighted by Crippen LogP contribution is -2.46. The number of hydrogen-bond donors (Lipinski definition) is 2. The number of amides is 2. The highest BCUT2D eigenvalue weighted by molar-refractivity contribution is 5.95. The highest BCUT2D eigenvalue weighted by Crippen LogP contribution is 2.19. The van der Waals surface area contributed by atoms with Crippen LogP contribution in [0.5, 0.6) is 0 Å². The zero-order valence-electron chi connectivity index (χ0n) is 15.1. The van der Waals surface area contributed by atoms with E-state index in [1.807, 2.05) is 39.0 Å². The number of halogens is 1. The summed E-state index contributed by atoms with van der Waals surface area (Å²) in [6.07, 6.45) is 0.352. The first-order valence-corrected chi connectivity index (χ1v) is 8.46. The maximum absolute atomic E-state index is 12.4. The van der Waals surface area contributed by atoms with Crippen molar-refractivity contribution in [3.8, 4) is 0 Å². The average molecular weight is 370 g/mol. The van der Waals surface area contributed by atoms with Crippen molar-refractivity contribution in [2.45, 2.75) is 33.2 Å². The molecule has 25 heavy (non-hydrogen) atoms. The van der Waals surface area contributed by atoms with Crippen LogP contribution >= 0.6 is 12.4 Å². The molecular formula is C18H28ClN3O3. The van der Waals surface area contributed by atoms with Crippen molar-refractivity contribution in [3.63, 3.8) is 0 Å². The summed E-state index contributed by atoms with van der Waals surface area (Å²) in [7, 11) is 0. The zero-order valence-corrected chi connectivity index (χ0v) is 15.9. The van der Waals surface area contributed by atoms with Gasteiger partial charge in [0, 0.05) is 31.2 Å². The first-order valence-electron chi connectivity index (χ1n) is 8.46. The van der Waals surface area contributed by atoms with Crippen LogP contribution in [0.1, 0.15) is 24.5 Å². The zero-order chi connectivity index (χ0) is 17.5. The summed E-state index contributed by atoms with van der Waals surface area (Å²) in [4.78, 5) is 26.3. The van der Waals surface area contributed by atoms with E-state index < -0.39 is 0 Å².